The highest BCUT2D eigenvalue weighted by Gasteiger charge is 2.31. The van der Waals surface area contributed by atoms with Crippen molar-refractivity contribution in [3.05, 3.63) is 53.1 Å². The number of halogens is 1. The first-order valence-electron chi connectivity index (χ1n) is 10.1. The van der Waals surface area contributed by atoms with Crippen LogP contribution in [0.25, 0.3) is 0 Å². The van der Waals surface area contributed by atoms with Crippen molar-refractivity contribution in [1.82, 2.24) is 0 Å². The van der Waals surface area contributed by atoms with E-state index in [2.05, 4.69) is 29.1 Å². The second-order valence-electron chi connectivity index (χ2n) is 8.15. The summed E-state index contributed by atoms with van der Waals surface area (Å²) < 4.78 is 0. The SMILES string of the molecule is CCN(CC)c1ccc(N=C(C(=O)Nc2cccc(Cl)c2)C(=O)C(C)(C)C)c(C)c1. The molecule has 0 fully saturated rings. The van der Waals surface area contributed by atoms with Gasteiger partial charge in [-0.2, -0.15) is 0 Å². The second kappa shape index (κ2) is 9.90. The van der Waals surface area contributed by atoms with Gasteiger partial charge in [-0.25, -0.2) is 4.99 Å². The molecule has 0 saturated carbocycles. The molecule has 2 aromatic rings. The minimum absolute atomic E-state index is 0.124. The fourth-order valence-corrected chi connectivity index (χ4v) is 3.18. The van der Waals surface area contributed by atoms with E-state index in [4.69, 9.17) is 11.6 Å². The number of anilines is 2. The van der Waals surface area contributed by atoms with Crippen molar-refractivity contribution in [2.75, 3.05) is 23.3 Å². The highest BCUT2D eigenvalue weighted by molar-refractivity contribution is 6.68. The molecule has 2 rings (SSSR count). The predicted octanol–water partition coefficient (Wildman–Crippen LogP) is 5.82. The van der Waals surface area contributed by atoms with E-state index in [1.807, 2.05) is 25.1 Å². The molecule has 0 aliphatic heterocycles. The van der Waals surface area contributed by atoms with Gasteiger partial charge in [0.05, 0.1) is 5.69 Å². The first-order valence-corrected chi connectivity index (χ1v) is 10.5. The fraction of sp³-hybridized carbons (Fsp3) is 0.375. The lowest BCUT2D eigenvalue weighted by Crippen LogP contribution is -2.37. The van der Waals surface area contributed by atoms with Crippen molar-refractivity contribution in [2.45, 2.75) is 41.5 Å². The van der Waals surface area contributed by atoms with Crippen molar-refractivity contribution in [2.24, 2.45) is 10.4 Å². The number of rotatable bonds is 7. The van der Waals surface area contributed by atoms with E-state index in [1.165, 1.54) is 0 Å². The largest absolute Gasteiger partial charge is 0.372 e. The molecule has 30 heavy (non-hydrogen) atoms. The van der Waals surface area contributed by atoms with E-state index in [0.717, 1.165) is 24.3 Å². The predicted molar refractivity (Wildman–Crippen MR) is 126 cm³/mol. The van der Waals surface area contributed by atoms with Crippen molar-refractivity contribution in [3.63, 3.8) is 0 Å². The first kappa shape index (κ1) is 23.6. The van der Waals surface area contributed by atoms with Gasteiger partial charge in [-0.05, 0) is 62.7 Å². The number of aryl methyl sites for hydroxylation is 1. The summed E-state index contributed by atoms with van der Waals surface area (Å²) in [6, 6.07) is 12.6. The van der Waals surface area contributed by atoms with Crippen molar-refractivity contribution >= 4 is 46.1 Å². The molecule has 0 unspecified atom stereocenters. The van der Waals surface area contributed by atoms with Gasteiger partial charge in [-0.3, -0.25) is 9.59 Å². The zero-order valence-electron chi connectivity index (χ0n) is 18.5. The van der Waals surface area contributed by atoms with Crippen LogP contribution in [0.5, 0.6) is 0 Å². The smallest absolute Gasteiger partial charge is 0.278 e. The average Bonchev–Trinajstić information content (AvgIpc) is 2.67. The summed E-state index contributed by atoms with van der Waals surface area (Å²) in [5.41, 5.74) is 2.22. The maximum absolute atomic E-state index is 13.0. The molecular weight excluding hydrogens is 398 g/mol. The summed E-state index contributed by atoms with van der Waals surface area (Å²) in [6.07, 6.45) is 0. The minimum Gasteiger partial charge on any atom is -0.372 e. The van der Waals surface area contributed by atoms with Crippen LogP contribution < -0.4 is 10.2 Å². The molecule has 0 atom stereocenters. The van der Waals surface area contributed by atoms with Crippen LogP contribution in [0, 0.1) is 12.3 Å². The second-order valence-corrected chi connectivity index (χ2v) is 8.58. The Labute approximate surface area is 184 Å². The quantitative estimate of drug-likeness (QED) is 0.447. The molecule has 6 heteroatoms. The number of hydrogen-bond donors (Lipinski definition) is 1. The molecule has 160 valence electrons. The number of hydrogen-bond acceptors (Lipinski definition) is 4. The number of carbonyl (C=O) groups excluding carboxylic acids is 2. The summed E-state index contributed by atoms with van der Waals surface area (Å²) >= 11 is 6.01. The number of aliphatic imine (C=N–C) groups is 1. The lowest BCUT2D eigenvalue weighted by atomic mass is 9.87. The molecule has 0 spiro atoms. The number of nitrogens with one attached hydrogen (secondary N) is 1. The number of nitrogens with zero attached hydrogens (tertiary/aromatic N) is 2. The Morgan fingerprint density at radius 1 is 1.07 bits per heavy atom. The Morgan fingerprint density at radius 3 is 2.27 bits per heavy atom. The molecule has 0 heterocycles. The topological polar surface area (TPSA) is 61.8 Å². The lowest BCUT2D eigenvalue weighted by Gasteiger charge is -2.22. The van der Waals surface area contributed by atoms with Crippen LogP contribution in [0.3, 0.4) is 0 Å². The molecule has 0 saturated heterocycles. The van der Waals surface area contributed by atoms with Crippen LogP contribution >= 0.6 is 11.6 Å². The third-order valence-corrected chi connectivity index (χ3v) is 4.97. The summed E-state index contributed by atoms with van der Waals surface area (Å²) in [5, 5.41) is 3.24. The molecule has 1 amide bonds. The Balaban J connectivity index is 2.45. The molecule has 5 nitrogen and oxygen atoms in total. The van der Waals surface area contributed by atoms with Crippen molar-refractivity contribution in [3.8, 4) is 0 Å². The average molecular weight is 428 g/mol. The highest BCUT2D eigenvalue weighted by Crippen LogP contribution is 2.27. The van der Waals surface area contributed by atoms with Crippen LogP contribution in [-0.4, -0.2) is 30.5 Å². The maximum atomic E-state index is 13.0. The maximum Gasteiger partial charge on any atom is 0.278 e. The zero-order chi connectivity index (χ0) is 22.5. The van der Waals surface area contributed by atoms with E-state index in [9.17, 15) is 9.59 Å². The molecule has 0 aliphatic rings. The van der Waals surface area contributed by atoms with E-state index in [1.54, 1.807) is 45.0 Å². The van der Waals surface area contributed by atoms with E-state index in [-0.39, 0.29) is 11.5 Å². The Hall–Kier alpha value is -2.66. The van der Waals surface area contributed by atoms with Gasteiger partial charge in [0.15, 0.2) is 11.5 Å². The standard InChI is InChI=1S/C24H30ClN3O2/c1-7-28(8-2)19-12-13-20(16(3)14-19)27-21(22(29)24(4,5)6)23(30)26-18-11-9-10-17(25)15-18/h9-15H,7-8H2,1-6H3,(H,26,30). The zero-order valence-corrected chi connectivity index (χ0v) is 19.3. The van der Waals surface area contributed by atoms with Gasteiger partial charge in [0.1, 0.15) is 0 Å². The van der Waals surface area contributed by atoms with Crippen LogP contribution in [0.2, 0.25) is 5.02 Å². The van der Waals surface area contributed by atoms with Crippen LogP contribution in [-0.2, 0) is 9.59 Å². The van der Waals surface area contributed by atoms with Crippen LogP contribution in [0.1, 0.15) is 40.2 Å². The highest BCUT2D eigenvalue weighted by atomic mass is 35.5. The molecular formula is C24H30ClN3O2. The van der Waals surface area contributed by atoms with Gasteiger partial charge in [0, 0.05) is 34.9 Å². The van der Waals surface area contributed by atoms with Gasteiger partial charge >= 0.3 is 0 Å². The van der Waals surface area contributed by atoms with E-state index in [0.29, 0.717) is 16.4 Å². The lowest BCUT2D eigenvalue weighted by molar-refractivity contribution is -0.121. The van der Waals surface area contributed by atoms with Crippen LogP contribution in [0.4, 0.5) is 17.1 Å². The molecule has 0 radical (unpaired) electrons. The Kier molecular flexibility index (Phi) is 7.79. The van der Waals surface area contributed by atoms with E-state index < -0.39 is 11.3 Å². The summed E-state index contributed by atoms with van der Waals surface area (Å²) in [7, 11) is 0. The number of Topliss-reactive ketones (excluding diaryl/α,β-unsaturated/α-hetero) is 1. The molecule has 1 N–H and O–H groups in total. The van der Waals surface area contributed by atoms with Gasteiger partial charge in [0.25, 0.3) is 5.91 Å². The van der Waals surface area contributed by atoms with Gasteiger partial charge in [-0.15, -0.1) is 0 Å². The molecule has 0 aliphatic carbocycles. The third-order valence-electron chi connectivity index (χ3n) is 4.74. The first-order chi connectivity index (χ1) is 14.1. The molecule has 0 aromatic heterocycles. The fourth-order valence-electron chi connectivity index (χ4n) is 2.99. The normalized spacial score (nSPS) is 11.9. The molecule has 0 bridgehead atoms. The summed E-state index contributed by atoms with van der Waals surface area (Å²) in [5.74, 6) is -0.876. The van der Waals surface area contributed by atoms with Gasteiger partial charge in [-0.1, -0.05) is 38.4 Å². The van der Waals surface area contributed by atoms with Gasteiger partial charge in [0.2, 0.25) is 0 Å². The van der Waals surface area contributed by atoms with E-state index >= 15 is 0 Å². The third kappa shape index (κ3) is 5.92. The van der Waals surface area contributed by atoms with Crippen molar-refractivity contribution in [1.29, 1.82) is 0 Å². The number of carbonyl (C=O) groups is 2. The molecule has 2 aromatic carbocycles. The number of benzene rings is 2. The van der Waals surface area contributed by atoms with Gasteiger partial charge < -0.3 is 10.2 Å². The minimum atomic E-state index is -0.750. The van der Waals surface area contributed by atoms with Crippen molar-refractivity contribution < 1.29 is 9.59 Å². The number of amides is 1. The Morgan fingerprint density at radius 2 is 1.73 bits per heavy atom. The van der Waals surface area contributed by atoms with Crippen LogP contribution in [0.15, 0.2) is 47.5 Å². The Bertz CT molecular complexity index is 957. The number of ketones is 1. The monoisotopic (exact) mass is 427 g/mol. The summed E-state index contributed by atoms with van der Waals surface area (Å²) in [4.78, 5) is 32.7. The summed E-state index contributed by atoms with van der Waals surface area (Å²) in [6.45, 7) is 13.2.